The molecule has 0 bridgehead atoms. The average molecular weight is 344 g/mol. The lowest BCUT2D eigenvalue weighted by Gasteiger charge is -2.09. The number of nitrogens with two attached hydrogens (primary N) is 1. The van der Waals surface area contributed by atoms with Gasteiger partial charge in [-0.2, -0.15) is 0 Å². The largest absolute Gasteiger partial charge is 0.365 e. The van der Waals surface area contributed by atoms with Gasteiger partial charge in [0, 0.05) is 11.8 Å². The Kier molecular flexibility index (Phi) is 5.28. The number of amides is 2. The van der Waals surface area contributed by atoms with Crippen LogP contribution >= 0.6 is 0 Å². The molecule has 0 aliphatic heterocycles. The maximum atomic E-state index is 12.1. The molecule has 0 aliphatic carbocycles. The number of primary amides is 1. The van der Waals surface area contributed by atoms with Gasteiger partial charge in [-0.1, -0.05) is 19.1 Å². The van der Waals surface area contributed by atoms with E-state index in [-0.39, 0.29) is 0 Å². The Hall–Kier alpha value is -3.49. The van der Waals surface area contributed by atoms with Gasteiger partial charge in [-0.3, -0.25) is 29.1 Å². The number of hydrogen-bond donors (Lipinski definition) is 2. The van der Waals surface area contributed by atoms with Crippen molar-refractivity contribution in [3.63, 3.8) is 0 Å². The quantitative estimate of drug-likeness (QED) is 0.596. The van der Waals surface area contributed by atoms with Gasteiger partial charge in [0.15, 0.2) is 0 Å². The van der Waals surface area contributed by atoms with Gasteiger partial charge in [0.1, 0.15) is 12.1 Å². The minimum atomic E-state index is -1.10. The van der Waals surface area contributed by atoms with Crippen molar-refractivity contribution < 1.29 is 14.5 Å². The van der Waals surface area contributed by atoms with Crippen molar-refractivity contribution in [3.05, 3.63) is 68.1 Å². The third-order valence-electron chi connectivity index (χ3n) is 3.48. The van der Waals surface area contributed by atoms with Gasteiger partial charge in [-0.15, -0.1) is 0 Å². The predicted octanol–water partition coefficient (Wildman–Crippen LogP) is 1.06. The molecule has 0 atom stereocenters. The molecule has 9 heteroatoms. The monoisotopic (exact) mass is 344 g/mol. The van der Waals surface area contributed by atoms with Crippen molar-refractivity contribution in [1.29, 1.82) is 0 Å². The molecule has 0 saturated carbocycles. The molecule has 1 aromatic carbocycles. The van der Waals surface area contributed by atoms with E-state index >= 15 is 0 Å². The van der Waals surface area contributed by atoms with Crippen molar-refractivity contribution >= 4 is 23.2 Å². The summed E-state index contributed by atoms with van der Waals surface area (Å²) < 4.78 is 0.789. The highest BCUT2D eigenvalue weighted by Gasteiger charge is 2.18. The second kappa shape index (κ2) is 7.39. The SMILES string of the molecule is CCc1cccc(NC(=O)Cn2cc([N+](=O)[O-])cc(C(N)=O)c2=O)c1. The van der Waals surface area contributed by atoms with Crippen LogP contribution in [0.25, 0.3) is 0 Å². The summed E-state index contributed by atoms with van der Waals surface area (Å²) in [7, 11) is 0. The summed E-state index contributed by atoms with van der Waals surface area (Å²) in [4.78, 5) is 45.7. The number of aromatic nitrogens is 1. The summed E-state index contributed by atoms with van der Waals surface area (Å²) >= 11 is 0. The second-order valence-electron chi connectivity index (χ2n) is 5.27. The van der Waals surface area contributed by atoms with Crippen LogP contribution in [0.4, 0.5) is 11.4 Å². The lowest BCUT2D eigenvalue weighted by Crippen LogP contribution is -2.33. The number of carbonyl (C=O) groups is 2. The van der Waals surface area contributed by atoms with Crippen LogP contribution < -0.4 is 16.6 Å². The van der Waals surface area contributed by atoms with Gasteiger partial charge in [0.25, 0.3) is 17.2 Å². The Morgan fingerprint density at radius 1 is 1.32 bits per heavy atom. The predicted molar refractivity (Wildman–Crippen MR) is 90.3 cm³/mol. The van der Waals surface area contributed by atoms with E-state index in [1.165, 1.54) is 0 Å². The van der Waals surface area contributed by atoms with Crippen molar-refractivity contribution in [2.45, 2.75) is 19.9 Å². The average Bonchev–Trinajstić information content (AvgIpc) is 2.56. The van der Waals surface area contributed by atoms with E-state index in [1.54, 1.807) is 18.2 Å². The first-order valence-corrected chi connectivity index (χ1v) is 7.39. The van der Waals surface area contributed by atoms with Gasteiger partial charge in [-0.25, -0.2) is 0 Å². The van der Waals surface area contributed by atoms with Crippen molar-refractivity contribution in [1.82, 2.24) is 4.57 Å². The zero-order valence-electron chi connectivity index (χ0n) is 13.4. The first-order valence-electron chi connectivity index (χ1n) is 7.39. The molecule has 1 aromatic heterocycles. The Morgan fingerprint density at radius 2 is 2.04 bits per heavy atom. The molecule has 0 unspecified atom stereocenters. The molecule has 0 radical (unpaired) electrons. The summed E-state index contributed by atoms with van der Waals surface area (Å²) in [6.07, 6.45) is 1.69. The van der Waals surface area contributed by atoms with E-state index in [0.717, 1.165) is 28.8 Å². The third-order valence-corrected chi connectivity index (χ3v) is 3.48. The number of nitrogens with zero attached hydrogens (tertiary/aromatic N) is 2. The summed E-state index contributed by atoms with van der Waals surface area (Å²) in [5.74, 6) is -1.66. The maximum absolute atomic E-state index is 12.1. The molecule has 2 aromatic rings. The zero-order chi connectivity index (χ0) is 18.6. The highest BCUT2D eigenvalue weighted by Crippen LogP contribution is 2.12. The van der Waals surface area contributed by atoms with E-state index in [2.05, 4.69) is 5.32 Å². The number of anilines is 1. The van der Waals surface area contributed by atoms with E-state index in [1.807, 2.05) is 13.0 Å². The van der Waals surface area contributed by atoms with Crippen molar-refractivity contribution in [2.75, 3.05) is 5.32 Å². The number of aryl methyl sites for hydroxylation is 1. The number of nitro groups is 1. The molecular formula is C16H16N4O5. The summed E-state index contributed by atoms with van der Waals surface area (Å²) in [6, 6.07) is 7.94. The van der Waals surface area contributed by atoms with E-state index < -0.39 is 40.1 Å². The van der Waals surface area contributed by atoms with Crippen LogP contribution in [0.5, 0.6) is 0 Å². The Balaban J connectivity index is 2.29. The van der Waals surface area contributed by atoms with Crippen LogP contribution in [-0.2, 0) is 17.8 Å². The van der Waals surface area contributed by atoms with Crippen molar-refractivity contribution in [2.24, 2.45) is 5.73 Å². The van der Waals surface area contributed by atoms with Crippen LogP contribution in [0.2, 0.25) is 0 Å². The molecule has 0 spiro atoms. The van der Waals surface area contributed by atoms with Gasteiger partial charge in [0.05, 0.1) is 11.1 Å². The van der Waals surface area contributed by atoms with Gasteiger partial charge in [-0.05, 0) is 24.1 Å². The molecule has 9 nitrogen and oxygen atoms in total. The molecule has 130 valence electrons. The lowest BCUT2D eigenvalue weighted by molar-refractivity contribution is -0.385. The number of carbonyl (C=O) groups excluding carboxylic acids is 2. The van der Waals surface area contributed by atoms with E-state index in [4.69, 9.17) is 5.73 Å². The zero-order valence-corrected chi connectivity index (χ0v) is 13.4. The highest BCUT2D eigenvalue weighted by molar-refractivity contribution is 5.93. The molecular weight excluding hydrogens is 328 g/mol. The number of hydrogen-bond acceptors (Lipinski definition) is 5. The molecule has 2 rings (SSSR count). The van der Waals surface area contributed by atoms with Crippen molar-refractivity contribution in [3.8, 4) is 0 Å². The smallest absolute Gasteiger partial charge is 0.286 e. The fourth-order valence-electron chi connectivity index (χ4n) is 2.24. The summed E-state index contributed by atoms with van der Waals surface area (Å²) in [5, 5.41) is 13.5. The van der Waals surface area contributed by atoms with E-state index in [0.29, 0.717) is 5.69 Å². The molecule has 1 heterocycles. The highest BCUT2D eigenvalue weighted by atomic mass is 16.6. The maximum Gasteiger partial charge on any atom is 0.286 e. The van der Waals surface area contributed by atoms with Gasteiger partial charge >= 0.3 is 0 Å². The summed E-state index contributed by atoms with van der Waals surface area (Å²) in [6.45, 7) is 1.48. The number of benzene rings is 1. The van der Waals surface area contributed by atoms with Crippen LogP contribution in [0.15, 0.2) is 41.3 Å². The number of rotatable bonds is 6. The second-order valence-corrected chi connectivity index (χ2v) is 5.27. The van der Waals surface area contributed by atoms with Crippen LogP contribution in [0.3, 0.4) is 0 Å². The molecule has 3 N–H and O–H groups in total. The standard InChI is InChI=1S/C16H16N4O5/c1-2-10-4-3-5-11(6-10)18-14(21)9-19-8-12(20(24)25)7-13(15(17)22)16(19)23/h3-8H,2,9H2,1H3,(H2,17,22)(H,18,21). The van der Waals surface area contributed by atoms with E-state index in [9.17, 15) is 24.5 Å². The Labute approximate surface area is 142 Å². The fourth-order valence-corrected chi connectivity index (χ4v) is 2.24. The topological polar surface area (TPSA) is 137 Å². The Morgan fingerprint density at radius 3 is 2.64 bits per heavy atom. The van der Waals surface area contributed by atoms with Gasteiger partial charge < -0.3 is 11.1 Å². The Bertz CT molecular complexity index is 904. The normalized spacial score (nSPS) is 10.3. The minimum Gasteiger partial charge on any atom is -0.365 e. The lowest BCUT2D eigenvalue weighted by atomic mass is 10.1. The molecule has 2 amide bonds. The number of pyridine rings is 1. The number of nitrogens with one attached hydrogen (secondary N) is 1. The van der Waals surface area contributed by atoms with Crippen LogP contribution in [-0.4, -0.2) is 21.3 Å². The first kappa shape index (κ1) is 17.9. The molecule has 0 fully saturated rings. The van der Waals surface area contributed by atoms with Crippen LogP contribution in [0.1, 0.15) is 22.8 Å². The van der Waals surface area contributed by atoms with Crippen LogP contribution in [0, 0.1) is 10.1 Å². The first-order chi connectivity index (χ1) is 11.8. The minimum absolute atomic E-state index is 0.489. The molecule has 0 aliphatic rings. The molecule has 0 saturated heterocycles. The molecule has 25 heavy (non-hydrogen) atoms. The summed E-state index contributed by atoms with van der Waals surface area (Å²) in [5.41, 5.74) is 4.70. The third kappa shape index (κ3) is 4.28. The fraction of sp³-hybridized carbons (Fsp3) is 0.188. The van der Waals surface area contributed by atoms with Gasteiger partial charge in [0.2, 0.25) is 5.91 Å².